The molecule has 0 saturated heterocycles. The van der Waals surface area contributed by atoms with E-state index >= 15 is 0 Å². The van der Waals surface area contributed by atoms with Gasteiger partial charge in [-0.15, -0.1) is 0 Å². The van der Waals surface area contributed by atoms with Gasteiger partial charge in [0, 0.05) is 30.7 Å². The standard InChI is InChI=1S/C16H20N2O/c1-2-3-8-16(19)17-9-10-18-14(12-17)11-13-6-4-5-7-15(13)18/h4-7,11H,2-3,8-10,12H2,1H3. The van der Waals surface area contributed by atoms with Gasteiger partial charge in [0.05, 0.1) is 6.54 Å². The first-order valence-electron chi connectivity index (χ1n) is 7.14. The van der Waals surface area contributed by atoms with Gasteiger partial charge in [-0.25, -0.2) is 0 Å². The number of carbonyl (C=O) groups excluding carboxylic acids is 1. The molecule has 3 heteroatoms. The molecule has 19 heavy (non-hydrogen) atoms. The molecular formula is C16H20N2O. The SMILES string of the molecule is CCCCC(=O)N1CCn2c(cc3ccccc32)C1. The Labute approximate surface area is 113 Å². The van der Waals surface area contributed by atoms with E-state index in [1.165, 1.54) is 16.6 Å². The van der Waals surface area contributed by atoms with Crippen molar-refractivity contribution in [3.63, 3.8) is 0 Å². The molecule has 1 aliphatic rings. The molecule has 3 nitrogen and oxygen atoms in total. The Hall–Kier alpha value is -1.77. The van der Waals surface area contributed by atoms with Crippen LogP contribution in [0.5, 0.6) is 0 Å². The maximum atomic E-state index is 12.1. The van der Waals surface area contributed by atoms with Crippen LogP contribution in [-0.4, -0.2) is 21.9 Å². The molecule has 1 amide bonds. The van der Waals surface area contributed by atoms with Crippen LogP contribution in [0.3, 0.4) is 0 Å². The summed E-state index contributed by atoms with van der Waals surface area (Å²) in [4.78, 5) is 14.1. The number of aromatic nitrogens is 1. The molecule has 100 valence electrons. The third-order valence-electron chi connectivity index (χ3n) is 3.94. The number of carbonyl (C=O) groups is 1. The number of hydrogen-bond acceptors (Lipinski definition) is 1. The van der Waals surface area contributed by atoms with Crippen molar-refractivity contribution in [2.24, 2.45) is 0 Å². The highest BCUT2D eigenvalue weighted by Crippen LogP contribution is 2.24. The largest absolute Gasteiger partial charge is 0.341 e. The number of hydrogen-bond donors (Lipinski definition) is 0. The number of rotatable bonds is 3. The van der Waals surface area contributed by atoms with Crippen LogP contribution >= 0.6 is 0 Å². The smallest absolute Gasteiger partial charge is 0.222 e. The topological polar surface area (TPSA) is 25.2 Å². The number of amides is 1. The molecule has 1 aliphatic heterocycles. The van der Waals surface area contributed by atoms with Gasteiger partial charge < -0.3 is 9.47 Å². The lowest BCUT2D eigenvalue weighted by molar-refractivity contribution is -0.132. The fourth-order valence-electron chi connectivity index (χ4n) is 2.86. The molecule has 0 fully saturated rings. The third kappa shape index (κ3) is 2.25. The average molecular weight is 256 g/mol. The van der Waals surface area contributed by atoms with Gasteiger partial charge >= 0.3 is 0 Å². The Bertz CT molecular complexity index is 600. The molecule has 2 heterocycles. The molecule has 0 bridgehead atoms. The lowest BCUT2D eigenvalue weighted by atomic mass is 10.2. The van der Waals surface area contributed by atoms with Crippen molar-refractivity contribution in [1.82, 2.24) is 9.47 Å². The number of para-hydroxylation sites is 1. The van der Waals surface area contributed by atoms with E-state index in [4.69, 9.17) is 0 Å². The quantitative estimate of drug-likeness (QED) is 0.828. The Morgan fingerprint density at radius 1 is 1.26 bits per heavy atom. The summed E-state index contributed by atoms with van der Waals surface area (Å²) in [6.45, 7) is 4.65. The molecular weight excluding hydrogens is 236 g/mol. The molecule has 1 aromatic carbocycles. The predicted octanol–water partition coefficient (Wildman–Crippen LogP) is 3.17. The van der Waals surface area contributed by atoms with E-state index in [-0.39, 0.29) is 0 Å². The van der Waals surface area contributed by atoms with Crippen molar-refractivity contribution in [1.29, 1.82) is 0 Å². The second-order valence-corrected chi connectivity index (χ2v) is 5.26. The summed E-state index contributed by atoms with van der Waals surface area (Å²) < 4.78 is 2.35. The molecule has 0 atom stereocenters. The monoisotopic (exact) mass is 256 g/mol. The minimum atomic E-state index is 0.304. The third-order valence-corrected chi connectivity index (χ3v) is 3.94. The van der Waals surface area contributed by atoms with Crippen molar-refractivity contribution in [3.8, 4) is 0 Å². The minimum absolute atomic E-state index is 0.304. The lowest BCUT2D eigenvalue weighted by Gasteiger charge is -2.29. The van der Waals surface area contributed by atoms with Crippen molar-refractivity contribution >= 4 is 16.8 Å². The van der Waals surface area contributed by atoms with Crippen LogP contribution in [0, 0.1) is 0 Å². The summed E-state index contributed by atoms with van der Waals surface area (Å²) in [6, 6.07) is 10.7. The van der Waals surface area contributed by atoms with Crippen molar-refractivity contribution in [3.05, 3.63) is 36.0 Å². The average Bonchev–Trinajstić information content (AvgIpc) is 2.82. The van der Waals surface area contributed by atoms with Crippen LogP contribution in [0.1, 0.15) is 31.9 Å². The van der Waals surface area contributed by atoms with Crippen LogP contribution in [0.25, 0.3) is 10.9 Å². The van der Waals surface area contributed by atoms with Gasteiger partial charge in [-0.3, -0.25) is 4.79 Å². The summed E-state index contributed by atoms with van der Waals surface area (Å²) in [5, 5.41) is 1.28. The Balaban J connectivity index is 1.82. The zero-order chi connectivity index (χ0) is 13.2. The molecule has 0 aliphatic carbocycles. The second kappa shape index (κ2) is 5.08. The van der Waals surface area contributed by atoms with Crippen LogP contribution in [0.2, 0.25) is 0 Å². The molecule has 2 aromatic rings. The number of benzene rings is 1. The van der Waals surface area contributed by atoms with Crippen LogP contribution < -0.4 is 0 Å². The van der Waals surface area contributed by atoms with Crippen molar-refractivity contribution < 1.29 is 4.79 Å². The van der Waals surface area contributed by atoms with Gasteiger partial charge in [-0.2, -0.15) is 0 Å². The zero-order valence-electron chi connectivity index (χ0n) is 11.4. The lowest BCUT2D eigenvalue weighted by Crippen LogP contribution is -2.37. The molecule has 0 saturated carbocycles. The van der Waals surface area contributed by atoms with Crippen LogP contribution in [-0.2, 0) is 17.9 Å². The van der Waals surface area contributed by atoms with E-state index < -0.39 is 0 Å². The first-order valence-corrected chi connectivity index (χ1v) is 7.14. The minimum Gasteiger partial charge on any atom is -0.341 e. The molecule has 3 rings (SSSR count). The Morgan fingerprint density at radius 2 is 2.11 bits per heavy atom. The number of nitrogens with zero attached hydrogens (tertiary/aromatic N) is 2. The second-order valence-electron chi connectivity index (χ2n) is 5.26. The Morgan fingerprint density at radius 3 is 2.95 bits per heavy atom. The van der Waals surface area contributed by atoms with Gasteiger partial charge in [0.1, 0.15) is 0 Å². The molecule has 1 aromatic heterocycles. The summed E-state index contributed by atoms with van der Waals surface area (Å²) in [5.41, 5.74) is 2.55. The molecule has 0 unspecified atom stereocenters. The zero-order valence-corrected chi connectivity index (χ0v) is 11.4. The van der Waals surface area contributed by atoms with Gasteiger partial charge in [0.25, 0.3) is 0 Å². The maximum absolute atomic E-state index is 12.1. The molecule has 0 radical (unpaired) electrons. The summed E-state index contributed by atoms with van der Waals surface area (Å²) >= 11 is 0. The summed E-state index contributed by atoms with van der Waals surface area (Å²) in [6.07, 6.45) is 2.77. The first kappa shape index (κ1) is 12.3. The predicted molar refractivity (Wildman–Crippen MR) is 76.9 cm³/mol. The van der Waals surface area contributed by atoms with E-state index in [9.17, 15) is 4.79 Å². The normalized spacial score (nSPS) is 14.7. The summed E-state index contributed by atoms with van der Waals surface area (Å²) in [7, 11) is 0. The molecule has 0 N–H and O–H groups in total. The first-order chi connectivity index (χ1) is 9.29. The van der Waals surface area contributed by atoms with E-state index in [0.717, 1.165) is 32.5 Å². The highest BCUT2D eigenvalue weighted by molar-refractivity contribution is 5.82. The van der Waals surface area contributed by atoms with E-state index in [1.807, 2.05) is 4.90 Å². The van der Waals surface area contributed by atoms with Gasteiger partial charge in [0.15, 0.2) is 0 Å². The maximum Gasteiger partial charge on any atom is 0.222 e. The van der Waals surface area contributed by atoms with Crippen LogP contribution in [0.4, 0.5) is 0 Å². The van der Waals surface area contributed by atoms with E-state index in [0.29, 0.717) is 12.3 Å². The molecule has 0 spiro atoms. The van der Waals surface area contributed by atoms with Gasteiger partial charge in [-0.05, 0) is 23.9 Å². The van der Waals surface area contributed by atoms with Gasteiger partial charge in [-0.1, -0.05) is 31.5 Å². The summed E-state index contributed by atoms with van der Waals surface area (Å²) in [5.74, 6) is 0.304. The van der Waals surface area contributed by atoms with E-state index in [1.54, 1.807) is 0 Å². The fourth-order valence-corrected chi connectivity index (χ4v) is 2.86. The van der Waals surface area contributed by atoms with Crippen molar-refractivity contribution in [2.45, 2.75) is 39.3 Å². The Kier molecular flexibility index (Phi) is 3.28. The van der Waals surface area contributed by atoms with Crippen LogP contribution in [0.15, 0.2) is 30.3 Å². The highest BCUT2D eigenvalue weighted by Gasteiger charge is 2.21. The fraction of sp³-hybridized carbons (Fsp3) is 0.438. The van der Waals surface area contributed by atoms with Gasteiger partial charge in [0.2, 0.25) is 5.91 Å². The highest BCUT2D eigenvalue weighted by atomic mass is 16.2. The number of fused-ring (bicyclic) bond motifs is 3. The number of unbranched alkanes of at least 4 members (excludes halogenated alkanes) is 1. The van der Waals surface area contributed by atoms with Crippen molar-refractivity contribution in [2.75, 3.05) is 6.54 Å². The van der Waals surface area contributed by atoms with E-state index in [2.05, 4.69) is 41.8 Å².